The second-order valence-electron chi connectivity index (χ2n) is 7.16. The summed E-state index contributed by atoms with van der Waals surface area (Å²) in [5.74, 6) is 3.88. The lowest BCUT2D eigenvalue weighted by molar-refractivity contribution is -0.117. The molecule has 1 aliphatic heterocycles. The van der Waals surface area contributed by atoms with E-state index in [1.165, 1.54) is 0 Å². The molecule has 1 heterocycles. The van der Waals surface area contributed by atoms with Crippen molar-refractivity contribution in [1.29, 1.82) is 0 Å². The number of hydrogen-bond donors (Lipinski definition) is 1. The highest BCUT2D eigenvalue weighted by Crippen LogP contribution is 2.24. The van der Waals surface area contributed by atoms with Crippen LogP contribution in [-0.4, -0.2) is 49.9 Å². The molecule has 29 heavy (non-hydrogen) atoms. The van der Waals surface area contributed by atoms with Gasteiger partial charge in [-0.25, -0.2) is 8.42 Å². The Bertz CT molecular complexity index is 1010. The highest BCUT2D eigenvalue weighted by molar-refractivity contribution is 7.91. The molecule has 3 rings (SSSR count). The minimum Gasteiger partial charge on any atom is -0.457 e. The number of rotatable bonds is 7. The number of ether oxygens (including phenoxy) is 1. The Morgan fingerprint density at radius 3 is 2.62 bits per heavy atom. The van der Waals surface area contributed by atoms with Gasteiger partial charge in [0.25, 0.3) is 0 Å². The van der Waals surface area contributed by atoms with Crippen LogP contribution in [0.1, 0.15) is 12.0 Å². The number of carbonyl (C=O) groups is 1. The molecule has 1 N–H and O–H groups in total. The van der Waals surface area contributed by atoms with Crippen molar-refractivity contribution in [3.05, 3.63) is 54.1 Å². The zero-order valence-electron chi connectivity index (χ0n) is 16.3. The van der Waals surface area contributed by atoms with Crippen molar-refractivity contribution in [1.82, 2.24) is 4.90 Å². The van der Waals surface area contributed by atoms with Gasteiger partial charge in [-0.1, -0.05) is 18.1 Å². The third kappa shape index (κ3) is 6.08. The van der Waals surface area contributed by atoms with Gasteiger partial charge in [0, 0.05) is 11.7 Å². The lowest BCUT2D eigenvalue weighted by Crippen LogP contribution is -2.41. The smallest absolute Gasteiger partial charge is 0.238 e. The van der Waals surface area contributed by atoms with E-state index in [0.717, 1.165) is 11.3 Å². The Labute approximate surface area is 171 Å². The summed E-state index contributed by atoms with van der Waals surface area (Å²) >= 11 is 0. The first-order valence-electron chi connectivity index (χ1n) is 9.37. The summed E-state index contributed by atoms with van der Waals surface area (Å²) in [7, 11) is -3.04. The Balaban J connectivity index is 1.57. The Kier molecular flexibility index (Phi) is 6.57. The van der Waals surface area contributed by atoms with Crippen LogP contribution in [0.5, 0.6) is 11.5 Å². The molecule has 0 aromatic heterocycles. The van der Waals surface area contributed by atoms with Gasteiger partial charge in [-0.3, -0.25) is 9.69 Å². The molecule has 0 bridgehead atoms. The molecular weight excluding hydrogens is 388 g/mol. The van der Waals surface area contributed by atoms with Crippen LogP contribution < -0.4 is 10.1 Å². The van der Waals surface area contributed by atoms with E-state index >= 15 is 0 Å². The quantitative estimate of drug-likeness (QED) is 0.708. The highest BCUT2D eigenvalue weighted by atomic mass is 32.2. The van der Waals surface area contributed by atoms with E-state index < -0.39 is 9.84 Å². The molecule has 1 fully saturated rings. The van der Waals surface area contributed by atoms with E-state index in [1.54, 1.807) is 29.2 Å². The van der Waals surface area contributed by atoms with Crippen molar-refractivity contribution in [2.45, 2.75) is 19.4 Å². The first-order valence-corrected chi connectivity index (χ1v) is 11.2. The molecule has 6 nitrogen and oxygen atoms in total. The fourth-order valence-corrected chi connectivity index (χ4v) is 5.06. The van der Waals surface area contributed by atoms with Crippen LogP contribution in [-0.2, 0) is 14.6 Å². The fourth-order valence-electron chi connectivity index (χ4n) is 3.30. The number of terminal acetylenes is 1. The molecule has 152 valence electrons. The maximum Gasteiger partial charge on any atom is 0.238 e. The van der Waals surface area contributed by atoms with Gasteiger partial charge in [0.1, 0.15) is 11.5 Å². The number of nitrogens with zero attached hydrogens (tertiary/aromatic N) is 1. The number of hydrogen-bond acceptors (Lipinski definition) is 5. The minimum absolute atomic E-state index is 0.0475. The molecule has 0 radical (unpaired) electrons. The van der Waals surface area contributed by atoms with Crippen molar-refractivity contribution < 1.29 is 17.9 Å². The molecule has 1 unspecified atom stereocenters. The molecule has 2 aromatic rings. The van der Waals surface area contributed by atoms with Crippen LogP contribution in [0.15, 0.2) is 48.5 Å². The van der Waals surface area contributed by atoms with Gasteiger partial charge in [0.15, 0.2) is 9.84 Å². The van der Waals surface area contributed by atoms with Crippen molar-refractivity contribution >= 4 is 21.4 Å². The third-order valence-electron chi connectivity index (χ3n) is 4.73. The molecule has 0 spiro atoms. The molecule has 0 aliphatic carbocycles. The van der Waals surface area contributed by atoms with Crippen LogP contribution in [0, 0.1) is 19.3 Å². The zero-order chi connectivity index (χ0) is 20.9. The lowest BCUT2D eigenvalue weighted by atomic mass is 10.2. The van der Waals surface area contributed by atoms with Crippen LogP contribution in [0.2, 0.25) is 0 Å². The number of aryl methyl sites for hydroxylation is 1. The summed E-state index contributed by atoms with van der Waals surface area (Å²) in [5, 5.41) is 2.82. The average molecular weight is 413 g/mol. The zero-order valence-corrected chi connectivity index (χ0v) is 17.1. The van der Waals surface area contributed by atoms with E-state index in [2.05, 4.69) is 11.2 Å². The predicted octanol–water partition coefficient (Wildman–Crippen LogP) is 2.85. The largest absolute Gasteiger partial charge is 0.457 e. The summed E-state index contributed by atoms with van der Waals surface area (Å²) in [4.78, 5) is 14.2. The first-order chi connectivity index (χ1) is 13.8. The van der Waals surface area contributed by atoms with E-state index in [4.69, 9.17) is 11.2 Å². The summed E-state index contributed by atoms with van der Waals surface area (Å²) in [6.45, 7) is 2.28. The molecule has 7 heteroatoms. The summed E-state index contributed by atoms with van der Waals surface area (Å²) < 4.78 is 29.2. The van der Waals surface area contributed by atoms with Gasteiger partial charge in [0.2, 0.25) is 5.91 Å². The van der Waals surface area contributed by atoms with Gasteiger partial charge in [-0.05, 0) is 55.3 Å². The predicted molar refractivity (Wildman–Crippen MR) is 114 cm³/mol. The average Bonchev–Trinajstić information content (AvgIpc) is 3.03. The molecule has 2 aromatic carbocycles. The lowest BCUT2D eigenvalue weighted by Gasteiger charge is -2.25. The molecule has 0 saturated carbocycles. The number of benzene rings is 2. The molecule has 1 saturated heterocycles. The van der Waals surface area contributed by atoms with Crippen LogP contribution in [0.4, 0.5) is 5.69 Å². The second-order valence-corrected chi connectivity index (χ2v) is 9.39. The van der Waals surface area contributed by atoms with E-state index in [0.29, 0.717) is 17.9 Å². The minimum atomic E-state index is -3.04. The maximum atomic E-state index is 12.4. The Morgan fingerprint density at radius 2 is 2.00 bits per heavy atom. The second kappa shape index (κ2) is 9.12. The molecular formula is C22H24N2O4S. The van der Waals surface area contributed by atoms with E-state index in [1.807, 2.05) is 31.2 Å². The van der Waals surface area contributed by atoms with Gasteiger partial charge in [0.05, 0.1) is 24.6 Å². The van der Waals surface area contributed by atoms with Crippen LogP contribution in [0.3, 0.4) is 0 Å². The summed E-state index contributed by atoms with van der Waals surface area (Å²) in [6, 6.07) is 14.6. The molecule has 1 atom stereocenters. The SMILES string of the molecule is C#CCN(CC(=O)Nc1ccc(Oc2cccc(C)c2)cc1)C1CCS(=O)(=O)C1. The van der Waals surface area contributed by atoms with Crippen molar-refractivity contribution in [3.8, 4) is 23.8 Å². The fraction of sp³-hybridized carbons (Fsp3) is 0.318. The van der Waals surface area contributed by atoms with Crippen molar-refractivity contribution in [3.63, 3.8) is 0 Å². The standard InChI is InChI=1S/C22H24N2O4S/c1-3-12-24(19-11-13-29(26,27)16-19)15-22(25)23-18-7-9-20(10-8-18)28-21-6-4-5-17(2)14-21/h1,4-10,14,19H,11-13,15-16H2,2H3,(H,23,25). The normalized spacial score (nSPS) is 17.6. The number of sulfone groups is 1. The Hall–Kier alpha value is -2.82. The highest BCUT2D eigenvalue weighted by Gasteiger charge is 2.32. The number of amides is 1. The molecule has 1 aliphatic rings. The third-order valence-corrected chi connectivity index (χ3v) is 6.48. The van der Waals surface area contributed by atoms with Gasteiger partial charge in [-0.2, -0.15) is 0 Å². The van der Waals surface area contributed by atoms with Gasteiger partial charge >= 0.3 is 0 Å². The van der Waals surface area contributed by atoms with Crippen molar-refractivity contribution in [2.24, 2.45) is 0 Å². The van der Waals surface area contributed by atoms with Crippen LogP contribution in [0.25, 0.3) is 0 Å². The number of nitrogens with one attached hydrogen (secondary N) is 1. The Morgan fingerprint density at radius 1 is 1.24 bits per heavy atom. The van der Waals surface area contributed by atoms with E-state index in [-0.39, 0.29) is 36.5 Å². The summed E-state index contributed by atoms with van der Waals surface area (Å²) in [5.41, 5.74) is 1.74. The maximum absolute atomic E-state index is 12.4. The first kappa shape index (κ1) is 20.9. The summed E-state index contributed by atoms with van der Waals surface area (Å²) in [6.07, 6.45) is 5.90. The molecule has 1 amide bonds. The monoisotopic (exact) mass is 412 g/mol. The van der Waals surface area contributed by atoms with Crippen LogP contribution >= 0.6 is 0 Å². The van der Waals surface area contributed by atoms with Gasteiger partial charge < -0.3 is 10.1 Å². The number of carbonyl (C=O) groups excluding carboxylic acids is 1. The number of anilines is 1. The van der Waals surface area contributed by atoms with E-state index in [9.17, 15) is 13.2 Å². The van der Waals surface area contributed by atoms with Crippen molar-refractivity contribution in [2.75, 3.05) is 29.9 Å². The van der Waals surface area contributed by atoms with Gasteiger partial charge in [-0.15, -0.1) is 6.42 Å². The topological polar surface area (TPSA) is 75.7 Å².